The Morgan fingerprint density at radius 2 is 1.92 bits per heavy atom. The molecule has 0 aromatic heterocycles. The fourth-order valence-electron chi connectivity index (χ4n) is 4.41. The summed E-state index contributed by atoms with van der Waals surface area (Å²) < 4.78 is 0. The fraction of sp³-hybridized carbons (Fsp3) is 0.588. The zero-order chi connectivity index (χ0) is 18.4. The predicted molar refractivity (Wildman–Crippen MR) is 96.6 cm³/mol. The molecule has 8 nitrogen and oxygen atoms in total. The van der Waals surface area contributed by atoms with E-state index in [1.165, 1.54) is 18.6 Å². The molecule has 3 N–H and O–H groups in total. The average Bonchev–Trinajstić information content (AvgIpc) is 2.69. The summed E-state index contributed by atoms with van der Waals surface area (Å²) in [7, 11) is 0. The Labute approximate surface area is 146 Å². The van der Waals surface area contributed by atoms with Crippen LogP contribution in [-0.2, 0) is 0 Å². The molecule has 0 spiro atoms. The summed E-state index contributed by atoms with van der Waals surface area (Å²) in [5.41, 5.74) is 4.06. The van der Waals surface area contributed by atoms with Crippen molar-refractivity contribution in [2.45, 2.75) is 46.5 Å². The van der Waals surface area contributed by atoms with Gasteiger partial charge in [-0.15, -0.1) is 5.23 Å². The number of hydrogen-bond donors (Lipinski definition) is 3. The van der Waals surface area contributed by atoms with Crippen LogP contribution in [0.15, 0.2) is 23.3 Å². The molecular formula is C17H24N4O4-2. The van der Waals surface area contributed by atoms with Crippen LogP contribution in [0.5, 0.6) is 0 Å². The maximum atomic E-state index is 10.9. The van der Waals surface area contributed by atoms with Crippen molar-refractivity contribution in [3.63, 3.8) is 0 Å². The van der Waals surface area contributed by atoms with Crippen LogP contribution >= 0.6 is 0 Å². The number of nitrogens with one attached hydrogen (secondary N) is 1. The molecule has 138 valence electrons. The Kier molecular flexibility index (Phi) is 4.40. The van der Waals surface area contributed by atoms with Gasteiger partial charge in [0.2, 0.25) is 0 Å². The third-order valence-electron chi connectivity index (χ3n) is 6.52. The highest BCUT2D eigenvalue weighted by Gasteiger charge is 2.56. The van der Waals surface area contributed by atoms with E-state index in [-0.39, 0.29) is 27.4 Å². The minimum Gasteiger partial charge on any atom is -0.769 e. The summed E-state index contributed by atoms with van der Waals surface area (Å²) in [5, 5.41) is 44.3. The topological polar surface area (TPSA) is 117 Å². The van der Waals surface area contributed by atoms with Crippen molar-refractivity contribution in [1.82, 2.24) is 0 Å². The van der Waals surface area contributed by atoms with Crippen LogP contribution in [-0.4, -0.2) is 16.1 Å². The molecule has 25 heavy (non-hydrogen) atoms. The zero-order valence-corrected chi connectivity index (χ0v) is 14.7. The Morgan fingerprint density at radius 3 is 2.56 bits per heavy atom. The Hall–Kier alpha value is -1.87. The van der Waals surface area contributed by atoms with E-state index in [4.69, 9.17) is 0 Å². The second kappa shape index (κ2) is 6.14. The third-order valence-corrected chi connectivity index (χ3v) is 6.52. The maximum Gasteiger partial charge on any atom is 0.121 e. The largest absolute Gasteiger partial charge is 0.769 e. The molecule has 3 rings (SSSR count). The van der Waals surface area contributed by atoms with Crippen molar-refractivity contribution >= 4 is 22.8 Å². The van der Waals surface area contributed by atoms with Crippen molar-refractivity contribution in [1.29, 1.82) is 0 Å². The van der Waals surface area contributed by atoms with Crippen LogP contribution in [0, 0.1) is 27.2 Å². The van der Waals surface area contributed by atoms with E-state index in [2.05, 4.69) is 31.3 Å². The molecule has 2 aliphatic rings. The zero-order valence-electron chi connectivity index (χ0n) is 14.7. The maximum absolute atomic E-state index is 10.9. The van der Waals surface area contributed by atoms with Crippen molar-refractivity contribution in [3.05, 3.63) is 28.6 Å². The summed E-state index contributed by atoms with van der Waals surface area (Å²) in [5.74, 6) is 0.705. The van der Waals surface area contributed by atoms with Gasteiger partial charge >= 0.3 is 0 Å². The smallest absolute Gasteiger partial charge is 0.121 e. The Morgan fingerprint density at radius 1 is 1.20 bits per heavy atom. The third kappa shape index (κ3) is 2.85. The molecule has 2 fully saturated rings. The van der Waals surface area contributed by atoms with Crippen molar-refractivity contribution < 1.29 is 10.4 Å². The highest BCUT2D eigenvalue weighted by Crippen LogP contribution is 2.61. The lowest BCUT2D eigenvalue weighted by Gasteiger charge is -2.46. The number of nitrogens with zero attached hydrogens (tertiary/aromatic N) is 3. The lowest BCUT2D eigenvalue weighted by molar-refractivity contribution is 0.0295. The molecule has 0 unspecified atom stereocenters. The van der Waals surface area contributed by atoms with E-state index in [0.717, 1.165) is 31.0 Å². The summed E-state index contributed by atoms with van der Waals surface area (Å²) in [6, 6.07) is 3.80. The fourth-order valence-corrected chi connectivity index (χ4v) is 4.41. The lowest BCUT2D eigenvalue weighted by Crippen LogP contribution is -2.44. The molecule has 2 bridgehead atoms. The summed E-state index contributed by atoms with van der Waals surface area (Å²) >= 11 is 0. The van der Waals surface area contributed by atoms with Gasteiger partial charge in [0, 0.05) is 16.8 Å². The van der Waals surface area contributed by atoms with Crippen molar-refractivity contribution in [2.24, 2.45) is 21.8 Å². The molecular weight excluding hydrogens is 324 g/mol. The quantitative estimate of drug-likeness (QED) is 0.702. The molecule has 1 aromatic carbocycles. The van der Waals surface area contributed by atoms with Gasteiger partial charge in [-0.25, -0.2) is 0 Å². The van der Waals surface area contributed by atoms with Gasteiger partial charge in [-0.2, -0.15) is 5.10 Å². The number of hydrogen-bond acceptors (Lipinski definition) is 8. The number of hydrazone groups is 1. The van der Waals surface area contributed by atoms with Gasteiger partial charge in [0.05, 0.1) is 5.69 Å². The van der Waals surface area contributed by atoms with Crippen molar-refractivity contribution in [3.8, 4) is 0 Å². The van der Waals surface area contributed by atoms with Gasteiger partial charge < -0.3 is 15.6 Å². The van der Waals surface area contributed by atoms with Gasteiger partial charge in [0.25, 0.3) is 0 Å². The monoisotopic (exact) mass is 348 g/mol. The molecule has 8 heteroatoms. The van der Waals surface area contributed by atoms with E-state index < -0.39 is 5.23 Å². The number of rotatable bonds is 4. The number of fused-ring (bicyclic) bond motifs is 2. The second-order valence-electron chi connectivity index (χ2n) is 7.75. The minimum absolute atomic E-state index is 0.00196. The van der Waals surface area contributed by atoms with Crippen LogP contribution in [0.2, 0.25) is 0 Å². The second-order valence-corrected chi connectivity index (χ2v) is 7.75. The van der Waals surface area contributed by atoms with E-state index >= 15 is 0 Å². The molecule has 0 heterocycles. The first-order valence-corrected chi connectivity index (χ1v) is 8.46. The van der Waals surface area contributed by atoms with Gasteiger partial charge in [-0.3, -0.25) is 15.8 Å². The lowest BCUT2D eigenvalue weighted by atomic mass is 9.58. The standard InChI is InChI=1S/C17H24N4O4/c1-16(2)11-4-7-15(17(16,3)9-8-11)19-18-13-6-5-12(20(22)23)10-14(13)21(24)25/h5-6,10-11,18,24-25H,4,7-9H2,1-3H3/q-2/t11-,17-/m0/s1. The van der Waals surface area contributed by atoms with E-state index in [9.17, 15) is 20.8 Å². The molecule has 2 atom stereocenters. The van der Waals surface area contributed by atoms with Gasteiger partial charge in [-0.05, 0) is 55.2 Å². The molecule has 0 saturated heterocycles. The molecule has 0 aliphatic heterocycles. The van der Waals surface area contributed by atoms with E-state index in [1.54, 1.807) is 0 Å². The van der Waals surface area contributed by atoms with Crippen LogP contribution in [0.4, 0.5) is 17.1 Å². The highest BCUT2D eigenvalue weighted by atomic mass is 16.8. The number of benzene rings is 1. The first-order valence-electron chi connectivity index (χ1n) is 8.46. The molecule has 0 amide bonds. The van der Waals surface area contributed by atoms with Gasteiger partial charge in [-0.1, -0.05) is 20.8 Å². The Bertz CT molecular complexity index is 689. The first kappa shape index (κ1) is 17.9. The predicted octanol–water partition coefficient (Wildman–Crippen LogP) is 4.08. The normalized spacial score (nSPS) is 28.9. The number of anilines is 3. The molecule has 1 aromatic rings. The SMILES string of the molecule is CC1(C)[C@H]2CCC(=NNc3ccc(N([O-])[O-])cc3N(O)O)[C@]1(C)CC2. The van der Waals surface area contributed by atoms with Crippen molar-refractivity contribution in [2.75, 3.05) is 15.9 Å². The van der Waals surface area contributed by atoms with Crippen LogP contribution in [0.3, 0.4) is 0 Å². The van der Waals surface area contributed by atoms with E-state index in [1.807, 2.05) is 0 Å². The summed E-state index contributed by atoms with van der Waals surface area (Å²) in [4.78, 5) is 0. The summed E-state index contributed by atoms with van der Waals surface area (Å²) in [6.45, 7) is 6.83. The molecule has 0 radical (unpaired) electrons. The average molecular weight is 348 g/mol. The molecule has 2 aliphatic carbocycles. The first-order chi connectivity index (χ1) is 11.7. The Balaban J connectivity index is 1.89. The van der Waals surface area contributed by atoms with Crippen LogP contribution < -0.4 is 15.9 Å². The van der Waals surface area contributed by atoms with Gasteiger partial charge in [0.1, 0.15) is 5.69 Å². The minimum atomic E-state index is -0.591. The van der Waals surface area contributed by atoms with Crippen LogP contribution in [0.1, 0.15) is 46.5 Å². The highest BCUT2D eigenvalue weighted by molar-refractivity contribution is 5.93. The molecule has 2 saturated carbocycles. The summed E-state index contributed by atoms with van der Waals surface area (Å²) in [6.07, 6.45) is 4.29. The van der Waals surface area contributed by atoms with Gasteiger partial charge in [0.15, 0.2) is 0 Å². The van der Waals surface area contributed by atoms with E-state index in [0.29, 0.717) is 11.6 Å². The van der Waals surface area contributed by atoms with Crippen LogP contribution in [0.25, 0.3) is 0 Å².